The van der Waals surface area contributed by atoms with Gasteiger partial charge in [-0.15, -0.1) is 0 Å². The van der Waals surface area contributed by atoms with Gasteiger partial charge in [-0.3, -0.25) is 4.79 Å². The molecule has 1 N–H and O–H groups in total. The highest BCUT2D eigenvalue weighted by Crippen LogP contribution is 2.28. The van der Waals surface area contributed by atoms with Crippen molar-refractivity contribution in [1.29, 1.82) is 0 Å². The second-order valence-corrected chi connectivity index (χ2v) is 6.60. The van der Waals surface area contributed by atoms with Crippen LogP contribution in [0.4, 0.5) is 17.3 Å². The molecule has 0 spiro atoms. The van der Waals surface area contributed by atoms with E-state index in [4.69, 9.17) is 0 Å². The molecule has 2 aromatic carbocycles. The molecule has 0 saturated carbocycles. The molecule has 0 bridgehead atoms. The number of aromatic nitrogens is 2. The quantitative estimate of drug-likeness (QED) is 0.779. The van der Waals surface area contributed by atoms with Crippen LogP contribution in [0, 0.1) is 13.8 Å². The number of carbonyl (C=O) groups is 1. The highest BCUT2D eigenvalue weighted by molar-refractivity contribution is 6.06. The number of amides is 1. The largest absolute Gasteiger partial charge is 0.324 e. The fourth-order valence-corrected chi connectivity index (χ4v) is 3.40. The standard InChI is InChI=1S/C21H20N4O/c1-14-11-15(2)13-17(12-14)23-21-22-9-7-18(24-21)20(26)25-10-8-16-5-3-4-6-19(16)25/h3-7,9,11-13H,8,10H2,1-2H3,(H,22,23,24). The van der Waals surface area contributed by atoms with E-state index in [0.717, 1.165) is 28.9 Å². The summed E-state index contributed by atoms with van der Waals surface area (Å²) in [6.45, 7) is 4.77. The van der Waals surface area contributed by atoms with E-state index in [1.165, 1.54) is 5.56 Å². The monoisotopic (exact) mass is 344 g/mol. The molecule has 5 nitrogen and oxygen atoms in total. The van der Waals surface area contributed by atoms with E-state index in [9.17, 15) is 4.79 Å². The minimum atomic E-state index is -0.0965. The van der Waals surface area contributed by atoms with Gasteiger partial charge in [0.15, 0.2) is 0 Å². The van der Waals surface area contributed by atoms with Crippen molar-refractivity contribution >= 4 is 23.2 Å². The maximum absolute atomic E-state index is 12.9. The molecule has 0 atom stereocenters. The Morgan fingerprint density at radius 2 is 1.85 bits per heavy atom. The zero-order valence-corrected chi connectivity index (χ0v) is 14.9. The fraction of sp³-hybridized carbons (Fsp3) is 0.190. The van der Waals surface area contributed by atoms with Crippen LogP contribution in [-0.2, 0) is 6.42 Å². The van der Waals surface area contributed by atoms with E-state index in [1.807, 2.05) is 44.2 Å². The average Bonchev–Trinajstić information content (AvgIpc) is 3.04. The van der Waals surface area contributed by atoms with Crippen molar-refractivity contribution in [2.75, 3.05) is 16.8 Å². The number of hydrogen-bond acceptors (Lipinski definition) is 4. The molecule has 1 aromatic heterocycles. The first-order chi connectivity index (χ1) is 12.6. The molecule has 130 valence electrons. The van der Waals surface area contributed by atoms with Crippen LogP contribution in [-0.4, -0.2) is 22.4 Å². The van der Waals surface area contributed by atoms with Gasteiger partial charge in [-0.1, -0.05) is 24.3 Å². The third-order valence-electron chi connectivity index (χ3n) is 4.48. The first-order valence-corrected chi connectivity index (χ1v) is 8.68. The summed E-state index contributed by atoms with van der Waals surface area (Å²) in [5.74, 6) is 0.328. The van der Waals surface area contributed by atoms with Crippen molar-refractivity contribution in [3.63, 3.8) is 0 Å². The maximum Gasteiger partial charge on any atom is 0.277 e. The Kier molecular flexibility index (Phi) is 4.13. The molecule has 3 aromatic rings. The summed E-state index contributed by atoms with van der Waals surface area (Å²) in [7, 11) is 0. The highest BCUT2D eigenvalue weighted by atomic mass is 16.2. The minimum absolute atomic E-state index is 0.0965. The van der Waals surface area contributed by atoms with Gasteiger partial charge in [-0.25, -0.2) is 9.97 Å². The Morgan fingerprint density at radius 1 is 1.08 bits per heavy atom. The molecule has 0 saturated heterocycles. The molecular formula is C21H20N4O. The topological polar surface area (TPSA) is 58.1 Å². The maximum atomic E-state index is 12.9. The number of nitrogens with one attached hydrogen (secondary N) is 1. The van der Waals surface area contributed by atoms with Crippen molar-refractivity contribution in [3.8, 4) is 0 Å². The van der Waals surface area contributed by atoms with Crippen molar-refractivity contribution in [1.82, 2.24) is 9.97 Å². The van der Waals surface area contributed by atoms with E-state index in [0.29, 0.717) is 18.2 Å². The Bertz CT molecular complexity index is 963. The third-order valence-corrected chi connectivity index (χ3v) is 4.48. The second kappa shape index (κ2) is 6.59. The van der Waals surface area contributed by atoms with E-state index in [1.54, 1.807) is 17.2 Å². The van der Waals surface area contributed by atoms with Crippen LogP contribution in [0.5, 0.6) is 0 Å². The lowest BCUT2D eigenvalue weighted by Gasteiger charge is -2.17. The molecule has 1 aliphatic heterocycles. The zero-order valence-electron chi connectivity index (χ0n) is 14.9. The van der Waals surface area contributed by atoms with Crippen LogP contribution in [0.1, 0.15) is 27.2 Å². The van der Waals surface area contributed by atoms with Gasteiger partial charge in [0.05, 0.1) is 0 Å². The Hall–Kier alpha value is -3.21. The van der Waals surface area contributed by atoms with Crippen LogP contribution in [0.15, 0.2) is 54.7 Å². The van der Waals surface area contributed by atoms with Gasteiger partial charge in [0.1, 0.15) is 5.69 Å². The number of hydrogen-bond donors (Lipinski definition) is 1. The summed E-state index contributed by atoms with van der Waals surface area (Å²) in [5, 5.41) is 3.20. The molecule has 0 aliphatic carbocycles. The van der Waals surface area contributed by atoms with Crippen LogP contribution in [0.2, 0.25) is 0 Å². The van der Waals surface area contributed by atoms with Crippen molar-refractivity contribution < 1.29 is 4.79 Å². The second-order valence-electron chi connectivity index (χ2n) is 6.60. The Balaban J connectivity index is 1.59. The van der Waals surface area contributed by atoms with Crippen LogP contribution < -0.4 is 10.2 Å². The van der Waals surface area contributed by atoms with Gasteiger partial charge in [0.25, 0.3) is 5.91 Å². The lowest BCUT2D eigenvalue weighted by atomic mass is 10.1. The molecular weight excluding hydrogens is 324 g/mol. The normalized spacial score (nSPS) is 12.8. The molecule has 2 heterocycles. The van der Waals surface area contributed by atoms with Gasteiger partial charge in [-0.2, -0.15) is 0 Å². The molecule has 1 amide bonds. The number of anilines is 3. The van der Waals surface area contributed by atoms with Crippen molar-refractivity contribution in [2.24, 2.45) is 0 Å². The Morgan fingerprint density at radius 3 is 2.65 bits per heavy atom. The zero-order chi connectivity index (χ0) is 18.1. The van der Waals surface area contributed by atoms with Gasteiger partial charge in [0, 0.05) is 24.1 Å². The highest BCUT2D eigenvalue weighted by Gasteiger charge is 2.26. The SMILES string of the molecule is Cc1cc(C)cc(Nc2nccc(C(=O)N3CCc4ccccc43)n2)c1. The van der Waals surface area contributed by atoms with E-state index in [2.05, 4.69) is 27.4 Å². The number of benzene rings is 2. The number of aryl methyl sites for hydroxylation is 2. The Labute approximate surface area is 152 Å². The number of rotatable bonds is 3. The number of para-hydroxylation sites is 1. The van der Waals surface area contributed by atoms with Crippen LogP contribution in [0.25, 0.3) is 0 Å². The van der Waals surface area contributed by atoms with E-state index < -0.39 is 0 Å². The number of carbonyl (C=O) groups excluding carboxylic acids is 1. The fourth-order valence-electron chi connectivity index (χ4n) is 3.40. The minimum Gasteiger partial charge on any atom is -0.324 e. The molecule has 26 heavy (non-hydrogen) atoms. The summed E-state index contributed by atoms with van der Waals surface area (Å²) < 4.78 is 0. The summed E-state index contributed by atoms with van der Waals surface area (Å²) in [6, 6.07) is 15.8. The molecule has 0 fully saturated rings. The first-order valence-electron chi connectivity index (χ1n) is 8.68. The van der Waals surface area contributed by atoms with Crippen LogP contribution in [0.3, 0.4) is 0 Å². The molecule has 0 radical (unpaired) electrons. The smallest absolute Gasteiger partial charge is 0.277 e. The van der Waals surface area contributed by atoms with Crippen LogP contribution >= 0.6 is 0 Å². The summed E-state index contributed by atoms with van der Waals surface area (Å²) in [6.07, 6.45) is 2.49. The molecule has 0 unspecified atom stereocenters. The lowest BCUT2D eigenvalue weighted by Crippen LogP contribution is -2.29. The average molecular weight is 344 g/mol. The number of nitrogens with zero attached hydrogens (tertiary/aromatic N) is 3. The molecule has 1 aliphatic rings. The predicted molar refractivity (Wildman–Crippen MR) is 103 cm³/mol. The van der Waals surface area contributed by atoms with Crippen molar-refractivity contribution in [3.05, 3.63) is 77.1 Å². The van der Waals surface area contributed by atoms with E-state index >= 15 is 0 Å². The number of fused-ring (bicyclic) bond motifs is 1. The molecule has 5 heteroatoms. The summed E-state index contributed by atoms with van der Waals surface area (Å²) >= 11 is 0. The van der Waals surface area contributed by atoms with Gasteiger partial charge < -0.3 is 10.2 Å². The van der Waals surface area contributed by atoms with E-state index in [-0.39, 0.29) is 5.91 Å². The first kappa shape index (κ1) is 16.3. The van der Waals surface area contributed by atoms with Crippen molar-refractivity contribution in [2.45, 2.75) is 20.3 Å². The third kappa shape index (κ3) is 3.16. The summed E-state index contributed by atoms with van der Waals surface area (Å²) in [4.78, 5) is 23.4. The van der Waals surface area contributed by atoms with Gasteiger partial charge in [-0.05, 0) is 61.2 Å². The lowest BCUT2D eigenvalue weighted by molar-refractivity contribution is 0.0984. The molecule has 4 rings (SSSR count). The van der Waals surface area contributed by atoms with Gasteiger partial charge in [0.2, 0.25) is 5.95 Å². The summed E-state index contributed by atoms with van der Waals surface area (Å²) in [5.41, 5.74) is 5.80. The predicted octanol–water partition coefficient (Wildman–Crippen LogP) is 4.04. The van der Waals surface area contributed by atoms with Gasteiger partial charge >= 0.3 is 0 Å².